The molecule has 5 atom stereocenters. The molecule has 6 nitrogen and oxygen atoms in total. The molecule has 3 aliphatic heterocycles. The van der Waals surface area contributed by atoms with E-state index in [-0.39, 0.29) is 35.8 Å². The van der Waals surface area contributed by atoms with Crippen molar-refractivity contribution < 1.29 is 23.8 Å². The Bertz CT molecular complexity index is 931. The second-order valence-corrected chi connectivity index (χ2v) is 9.40. The summed E-state index contributed by atoms with van der Waals surface area (Å²) in [5, 5.41) is 0. The van der Waals surface area contributed by atoms with E-state index in [1.807, 2.05) is 35.3 Å². The summed E-state index contributed by atoms with van der Waals surface area (Å²) in [6.07, 6.45) is 7.10. The van der Waals surface area contributed by atoms with Crippen LogP contribution in [0, 0.1) is 5.92 Å². The fraction of sp³-hybridized carbons (Fsp3) is 0.478. The Morgan fingerprint density at radius 3 is 2.83 bits per heavy atom. The molecule has 0 aromatic heterocycles. The number of hydrogen-bond donors (Lipinski definition) is 0. The summed E-state index contributed by atoms with van der Waals surface area (Å²) in [7, 11) is 3.09. The molecule has 2 fully saturated rings. The first-order valence-corrected chi connectivity index (χ1v) is 11.1. The number of carbonyl (C=O) groups excluding carboxylic acids is 2. The second kappa shape index (κ2) is 7.25. The quantitative estimate of drug-likeness (QED) is 0.532. The molecule has 7 heteroatoms. The van der Waals surface area contributed by atoms with Crippen molar-refractivity contribution in [1.29, 1.82) is 0 Å². The average Bonchev–Trinajstić information content (AvgIpc) is 3.35. The van der Waals surface area contributed by atoms with Gasteiger partial charge in [0.1, 0.15) is 11.0 Å². The van der Waals surface area contributed by atoms with E-state index in [1.165, 1.54) is 7.11 Å². The molecular weight excluding hydrogens is 402 g/mol. The van der Waals surface area contributed by atoms with Gasteiger partial charge in [0.05, 0.1) is 25.2 Å². The van der Waals surface area contributed by atoms with E-state index < -0.39 is 11.1 Å². The summed E-state index contributed by atoms with van der Waals surface area (Å²) in [4.78, 5) is 28.4. The van der Waals surface area contributed by atoms with Gasteiger partial charge in [-0.15, -0.1) is 0 Å². The summed E-state index contributed by atoms with van der Waals surface area (Å²) in [6, 6.07) is 10.1. The van der Waals surface area contributed by atoms with E-state index in [0.717, 1.165) is 10.5 Å². The summed E-state index contributed by atoms with van der Waals surface area (Å²) in [5.74, 6) is -0.478. The zero-order chi connectivity index (χ0) is 20.9. The minimum atomic E-state index is -0.606. The van der Waals surface area contributed by atoms with Crippen LogP contribution in [0.15, 0.2) is 59.0 Å². The summed E-state index contributed by atoms with van der Waals surface area (Å²) in [6.45, 7) is 0.604. The molecular formula is C23H25NO5S. The SMILES string of the molecule is COC(=O)C[C@H]1[C@@]2(CCN3C(=O)C=C4C=C[C@H](OC)C[C@]413)OC2Sc1ccccc1. The number of amides is 1. The van der Waals surface area contributed by atoms with Gasteiger partial charge in [-0.25, -0.2) is 0 Å². The van der Waals surface area contributed by atoms with Gasteiger partial charge < -0.3 is 19.1 Å². The molecule has 1 unspecified atom stereocenters. The molecule has 1 aliphatic carbocycles. The number of ether oxygens (including phenoxy) is 3. The van der Waals surface area contributed by atoms with Gasteiger partial charge in [0.25, 0.3) is 0 Å². The summed E-state index contributed by atoms with van der Waals surface area (Å²) in [5.41, 5.74) is -0.189. The Morgan fingerprint density at radius 1 is 1.30 bits per heavy atom. The Morgan fingerprint density at radius 2 is 2.10 bits per heavy atom. The van der Waals surface area contributed by atoms with Crippen LogP contribution in [-0.4, -0.2) is 60.2 Å². The molecule has 2 spiro atoms. The minimum Gasteiger partial charge on any atom is -0.469 e. The van der Waals surface area contributed by atoms with Crippen molar-refractivity contribution in [3.8, 4) is 0 Å². The van der Waals surface area contributed by atoms with Gasteiger partial charge in [0.2, 0.25) is 5.91 Å². The molecule has 2 saturated heterocycles. The highest BCUT2D eigenvalue weighted by molar-refractivity contribution is 8.00. The van der Waals surface area contributed by atoms with Crippen molar-refractivity contribution in [3.63, 3.8) is 0 Å². The number of epoxide rings is 1. The molecule has 1 aromatic carbocycles. The molecule has 5 rings (SSSR count). The lowest BCUT2D eigenvalue weighted by molar-refractivity contribution is -0.150. The number of methoxy groups -OCH3 is 2. The molecule has 0 saturated carbocycles. The number of esters is 1. The molecule has 0 N–H and O–H groups in total. The molecule has 0 radical (unpaired) electrons. The maximum Gasteiger partial charge on any atom is 0.306 e. The third-order valence-corrected chi connectivity index (χ3v) is 8.23. The number of piperidine rings is 1. The predicted molar refractivity (Wildman–Crippen MR) is 112 cm³/mol. The highest BCUT2D eigenvalue weighted by atomic mass is 32.2. The van der Waals surface area contributed by atoms with Crippen LogP contribution in [0.25, 0.3) is 0 Å². The minimum absolute atomic E-state index is 0.00373. The number of nitrogens with zero attached hydrogens (tertiary/aromatic N) is 1. The topological polar surface area (TPSA) is 68.4 Å². The molecule has 158 valence electrons. The van der Waals surface area contributed by atoms with Crippen LogP contribution in [0.4, 0.5) is 0 Å². The van der Waals surface area contributed by atoms with E-state index in [9.17, 15) is 9.59 Å². The number of thioether (sulfide) groups is 1. The lowest BCUT2D eigenvalue weighted by Gasteiger charge is -2.54. The van der Waals surface area contributed by atoms with Crippen LogP contribution in [0.2, 0.25) is 0 Å². The first-order chi connectivity index (χ1) is 14.5. The van der Waals surface area contributed by atoms with Crippen LogP contribution < -0.4 is 0 Å². The maximum atomic E-state index is 12.9. The van der Waals surface area contributed by atoms with Gasteiger partial charge in [-0.05, 0) is 24.1 Å². The van der Waals surface area contributed by atoms with Crippen molar-refractivity contribution in [2.75, 3.05) is 20.8 Å². The number of hydrogen-bond acceptors (Lipinski definition) is 6. The standard InChI is InChI=1S/C23H25NO5S/c1-27-16-9-8-15-12-19(25)24-11-10-23(18(13-20(26)28-2)22(15,24)14-16)21(29-23)30-17-6-4-3-5-7-17/h3-9,12,16,18,21H,10-11,13-14H2,1-2H3/t16-,18+,21?,22-,23+/m0/s1. The largest absolute Gasteiger partial charge is 0.469 e. The zero-order valence-corrected chi connectivity index (χ0v) is 17.9. The highest BCUT2D eigenvalue weighted by Gasteiger charge is 2.72. The fourth-order valence-corrected chi connectivity index (χ4v) is 6.76. The zero-order valence-electron chi connectivity index (χ0n) is 17.1. The summed E-state index contributed by atoms with van der Waals surface area (Å²) >= 11 is 1.68. The highest BCUT2D eigenvalue weighted by Crippen LogP contribution is 2.64. The third kappa shape index (κ3) is 2.87. The van der Waals surface area contributed by atoms with Crippen molar-refractivity contribution >= 4 is 23.6 Å². The third-order valence-electron chi connectivity index (χ3n) is 6.98. The van der Waals surface area contributed by atoms with E-state index >= 15 is 0 Å². The lowest BCUT2D eigenvalue weighted by atomic mass is 9.62. The predicted octanol–water partition coefficient (Wildman–Crippen LogP) is 2.94. The van der Waals surface area contributed by atoms with E-state index in [4.69, 9.17) is 14.2 Å². The number of benzene rings is 1. The Hall–Kier alpha value is -2.09. The van der Waals surface area contributed by atoms with Crippen molar-refractivity contribution in [2.24, 2.45) is 5.92 Å². The van der Waals surface area contributed by atoms with Gasteiger partial charge in [0.15, 0.2) is 0 Å². The summed E-state index contributed by atoms with van der Waals surface area (Å²) < 4.78 is 17.1. The molecule has 3 heterocycles. The smallest absolute Gasteiger partial charge is 0.306 e. The Kier molecular flexibility index (Phi) is 4.80. The average molecular weight is 428 g/mol. The van der Waals surface area contributed by atoms with E-state index in [0.29, 0.717) is 19.4 Å². The number of carbonyl (C=O) groups is 2. The monoisotopic (exact) mass is 427 g/mol. The maximum absolute atomic E-state index is 12.9. The second-order valence-electron chi connectivity index (χ2n) is 8.27. The molecule has 0 bridgehead atoms. The van der Waals surface area contributed by atoms with Gasteiger partial charge in [-0.3, -0.25) is 9.59 Å². The normalized spacial score (nSPS) is 36.3. The van der Waals surface area contributed by atoms with Gasteiger partial charge in [-0.1, -0.05) is 42.1 Å². The van der Waals surface area contributed by atoms with Crippen LogP contribution in [0.5, 0.6) is 0 Å². The van der Waals surface area contributed by atoms with Crippen LogP contribution >= 0.6 is 11.8 Å². The van der Waals surface area contributed by atoms with Gasteiger partial charge >= 0.3 is 5.97 Å². The molecule has 1 amide bonds. The molecule has 1 aromatic rings. The Balaban J connectivity index is 1.54. The van der Waals surface area contributed by atoms with Crippen molar-refractivity contribution in [3.05, 3.63) is 54.1 Å². The van der Waals surface area contributed by atoms with Crippen LogP contribution in [-0.2, 0) is 23.8 Å². The van der Waals surface area contributed by atoms with E-state index in [2.05, 4.69) is 12.1 Å². The fourth-order valence-electron chi connectivity index (χ4n) is 5.49. The van der Waals surface area contributed by atoms with Crippen LogP contribution in [0.1, 0.15) is 19.3 Å². The first kappa shape index (κ1) is 19.8. The Labute approximate surface area is 180 Å². The van der Waals surface area contributed by atoms with E-state index in [1.54, 1.807) is 24.9 Å². The van der Waals surface area contributed by atoms with Crippen molar-refractivity contribution in [1.82, 2.24) is 4.90 Å². The lowest BCUT2D eigenvalue weighted by Crippen LogP contribution is -2.64. The van der Waals surface area contributed by atoms with Gasteiger partial charge in [0, 0.05) is 37.0 Å². The first-order valence-electron chi connectivity index (χ1n) is 10.2. The molecule has 4 aliphatic rings. The van der Waals surface area contributed by atoms with Gasteiger partial charge in [-0.2, -0.15) is 0 Å². The molecule has 30 heavy (non-hydrogen) atoms. The number of rotatable bonds is 5. The van der Waals surface area contributed by atoms with Crippen molar-refractivity contribution in [2.45, 2.75) is 46.8 Å². The van der Waals surface area contributed by atoms with Crippen LogP contribution in [0.3, 0.4) is 0 Å².